The summed E-state index contributed by atoms with van der Waals surface area (Å²) in [5.74, 6) is -1.49. The topological polar surface area (TPSA) is 87.2 Å². The maximum absolute atomic E-state index is 13.8. The number of amides is 3. The van der Waals surface area contributed by atoms with Crippen LogP contribution in [0.3, 0.4) is 0 Å². The Kier molecular flexibility index (Phi) is 5.66. The predicted octanol–water partition coefficient (Wildman–Crippen LogP) is 4.44. The third-order valence-corrected chi connectivity index (χ3v) is 5.65. The van der Waals surface area contributed by atoms with E-state index >= 15 is 0 Å². The second-order valence-electron chi connectivity index (χ2n) is 6.67. The maximum atomic E-state index is 13.8. The van der Waals surface area contributed by atoms with Gasteiger partial charge in [-0.1, -0.05) is 29.5 Å². The summed E-state index contributed by atoms with van der Waals surface area (Å²) in [6.45, 7) is 0.482. The van der Waals surface area contributed by atoms with E-state index in [-0.39, 0.29) is 16.7 Å². The molecule has 1 aliphatic heterocycles. The van der Waals surface area contributed by atoms with Gasteiger partial charge in [0.1, 0.15) is 16.6 Å². The zero-order valence-electron chi connectivity index (χ0n) is 15.6. The number of nitrogens with zero attached hydrogens (tertiary/aromatic N) is 3. The highest BCUT2D eigenvalue weighted by Gasteiger charge is 2.33. The largest absolute Gasteiger partial charge is 0.322 e. The van der Waals surface area contributed by atoms with Gasteiger partial charge in [0.05, 0.1) is 11.7 Å². The van der Waals surface area contributed by atoms with Crippen LogP contribution in [0.1, 0.15) is 33.7 Å². The number of nitrogens with one attached hydrogen (secondary N) is 2. The molecule has 0 bridgehead atoms. The summed E-state index contributed by atoms with van der Waals surface area (Å²) in [6.07, 6.45) is 1.41. The summed E-state index contributed by atoms with van der Waals surface area (Å²) in [5.41, 5.74) is 0.407. The Morgan fingerprint density at radius 2 is 1.90 bits per heavy atom. The molecule has 0 aliphatic carbocycles. The molecule has 1 aliphatic rings. The molecule has 0 spiro atoms. The first-order valence-electron chi connectivity index (χ1n) is 9.24. The molecule has 4 rings (SSSR count). The normalized spacial score (nSPS) is 15.8. The fraction of sp³-hybridized carbons (Fsp3) is 0.200. The number of rotatable bonds is 4. The molecule has 10 heteroatoms. The molecule has 2 aromatic carbocycles. The van der Waals surface area contributed by atoms with Gasteiger partial charge in [-0.05, 0) is 43.2 Å². The molecule has 2 N–H and O–H groups in total. The van der Waals surface area contributed by atoms with Crippen LogP contribution in [-0.4, -0.2) is 33.6 Å². The summed E-state index contributed by atoms with van der Waals surface area (Å²) in [7, 11) is 0. The standard InChI is InChI=1S/C20H17F2N5O2S/c21-12-5-3-6-13(11-12)23-17(28)19-26-25-18(30-19)16-9-4-10-27(16)20(29)24-15-8-2-1-7-14(15)22/h1-3,5-8,11,16H,4,9-10H2,(H,23,28)(H,24,29)/t16-/m0/s1. The minimum Gasteiger partial charge on any atom is -0.320 e. The van der Waals surface area contributed by atoms with E-state index in [4.69, 9.17) is 0 Å². The van der Waals surface area contributed by atoms with Crippen LogP contribution in [0.25, 0.3) is 0 Å². The zero-order chi connectivity index (χ0) is 21.1. The van der Waals surface area contributed by atoms with Crippen LogP contribution in [-0.2, 0) is 0 Å². The van der Waals surface area contributed by atoms with Gasteiger partial charge in [0.15, 0.2) is 0 Å². The molecular weight excluding hydrogens is 412 g/mol. The van der Waals surface area contributed by atoms with Gasteiger partial charge >= 0.3 is 6.03 Å². The summed E-state index contributed by atoms with van der Waals surface area (Å²) >= 11 is 1.07. The number of likely N-dealkylation sites (tertiary alicyclic amines) is 1. The van der Waals surface area contributed by atoms with Crippen molar-refractivity contribution in [1.82, 2.24) is 15.1 Å². The van der Waals surface area contributed by atoms with Crippen molar-refractivity contribution in [2.75, 3.05) is 17.2 Å². The quantitative estimate of drug-likeness (QED) is 0.642. The Morgan fingerprint density at radius 3 is 2.70 bits per heavy atom. The highest BCUT2D eigenvalue weighted by atomic mass is 32.1. The number of aromatic nitrogens is 2. The van der Waals surface area contributed by atoms with Crippen molar-refractivity contribution in [1.29, 1.82) is 0 Å². The number of halogens is 2. The molecule has 1 atom stereocenters. The van der Waals surface area contributed by atoms with Crippen LogP contribution in [0.4, 0.5) is 25.0 Å². The highest BCUT2D eigenvalue weighted by molar-refractivity contribution is 7.13. The van der Waals surface area contributed by atoms with Gasteiger partial charge < -0.3 is 15.5 Å². The summed E-state index contributed by atoms with van der Waals surface area (Å²) in [6, 6.07) is 10.7. The van der Waals surface area contributed by atoms with Crippen LogP contribution in [0.15, 0.2) is 48.5 Å². The SMILES string of the molecule is O=C(Nc1cccc(F)c1)c1nnc([C@@H]2CCCN2C(=O)Nc2ccccc2F)s1. The third-order valence-electron chi connectivity index (χ3n) is 4.63. The lowest BCUT2D eigenvalue weighted by molar-refractivity contribution is 0.102. The average molecular weight is 429 g/mol. The first kappa shape index (κ1) is 19.9. The molecule has 3 amide bonds. The second kappa shape index (κ2) is 8.54. The Labute approximate surface area is 174 Å². The monoisotopic (exact) mass is 429 g/mol. The van der Waals surface area contributed by atoms with E-state index in [1.807, 2.05) is 0 Å². The van der Waals surface area contributed by atoms with Gasteiger partial charge in [0, 0.05) is 12.2 Å². The van der Waals surface area contributed by atoms with Crippen LogP contribution >= 0.6 is 11.3 Å². The summed E-state index contributed by atoms with van der Waals surface area (Å²) in [5, 5.41) is 13.8. The second-order valence-corrected chi connectivity index (χ2v) is 7.68. The molecule has 0 radical (unpaired) electrons. The number of para-hydroxylation sites is 1. The Hall–Kier alpha value is -3.40. The van der Waals surface area contributed by atoms with E-state index < -0.39 is 23.6 Å². The fourth-order valence-corrected chi connectivity index (χ4v) is 4.11. The van der Waals surface area contributed by atoms with Gasteiger partial charge in [-0.15, -0.1) is 10.2 Å². The zero-order valence-corrected chi connectivity index (χ0v) is 16.5. The number of anilines is 2. The first-order chi connectivity index (χ1) is 14.5. The average Bonchev–Trinajstić information content (AvgIpc) is 3.39. The van der Waals surface area contributed by atoms with E-state index in [2.05, 4.69) is 20.8 Å². The molecule has 7 nitrogen and oxygen atoms in total. The molecule has 0 saturated carbocycles. The summed E-state index contributed by atoms with van der Waals surface area (Å²) in [4.78, 5) is 26.6. The van der Waals surface area contributed by atoms with Gasteiger partial charge in [0.2, 0.25) is 5.01 Å². The number of carbonyl (C=O) groups is 2. The van der Waals surface area contributed by atoms with Crippen molar-refractivity contribution in [2.24, 2.45) is 0 Å². The first-order valence-corrected chi connectivity index (χ1v) is 10.1. The lowest BCUT2D eigenvalue weighted by Gasteiger charge is -2.23. The molecule has 1 aromatic heterocycles. The molecule has 1 fully saturated rings. The lowest BCUT2D eigenvalue weighted by atomic mass is 10.2. The molecule has 1 saturated heterocycles. The molecule has 0 unspecified atom stereocenters. The Bertz CT molecular complexity index is 1090. The molecular formula is C20H17F2N5O2S. The van der Waals surface area contributed by atoms with E-state index in [9.17, 15) is 18.4 Å². The minimum atomic E-state index is -0.520. The lowest BCUT2D eigenvalue weighted by Crippen LogP contribution is -2.34. The summed E-state index contributed by atoms with van der Waals surface area (Å²) < 4.78 is 27.1. The number of hydrogen-bond donors (Lipinski definition) is 2. The van der Waals surface area contributed by atoms with Crippen LogP contribution in [0, 0.1) is 11.6 Å². The molecule has 154 valence electrons. The van der Waals surface area contributed by atoms with Gasteiger partial charge in [-0.25, -0.2) is 13.6 Å². The predicted molar refractivity (Wildman–Crippen MR) is 108 cm³/mol. The van der Waals surface area contributed by atoms with Crippen molar-refractivity contribution >= 4 is 34.6 Å². The van der Waals surface area contributed by atoms with Crippen molar-refractivity contribution in [2.45, 2.75) is 18.9 Å². The van der Waals surface area contributed by atoms with E-state index in [0.29, 0.717) is 23.7 Å². The van der Waals surface area contributed by atoms with Gasteiger partial charge in [-0.2, -0.15) is 0 Å². The number of urea groups is 1. The Balaban J connectivity index is 1.46. The molecule has 3 aromatic rings. The van der Waals surface area contributed by atoms with E-state index in [0.717, 1.165) is 17.8 Å². The van der Waals surface area contributed by atoms with Crippen LogP contribution in [0.2, 0.25) is 0 Å². The number of hydrogen-bond acceptors (Lipinski definition) is 5. The van der Waals surface area contributed by atoms with Crippen molar-refractivity contribution in [3.8, 4) is 0 Å². The fourth-order valence-electron chi connectivity index (χ4n) is 3.23. The maximum Gasteiger partial charge on any atom is 0.322 e. The van der Waals surface area contributed by atoms with Crippen LogP contribution < -0.4 is 10.6 Å². The Morgan fingerprint density at radius 1 is 1.07 bits per heavy atom. The number of carbonyl (C=O) groups excluding carboxylic acids is 2. The van der Waals surface area contributed by atoms with Gasteiger partial charge in [-0.3, -0.25) is 4.79 Å². The molecule has 2 heterocycles. The third kappa shape index (κ3) is 4.28. The molecule has 30 heavy (non-hydrogen) atoms. The van der Waals surface area contributed by atoms with Gasteiger partial charge in [0.25, 0.3) is 5.91 Å². The van der Waals surface area contributed by atoms with E-state index in [1.165, 1.54) is 30.3 Å². The minimum absolute atomic E-state index is 0.0978. The van der Waals surface area contributed by atoms with Crippen molar-refractivity contribution in [3.63, 3.8) is 0 Å². The van der Waals surface area contributed by atoms with E-state index in [1.54, 1.807) is 23.1 Å². The smallest absolute Gasteiger partial charge is 0.320 e. The number of benzene rings is 2. The van der Waals surface area contributed by atoms with Crippen molar-refractivity contribution < 1.29 is 18.4 Å². The van der Waals surface area contributed by atoms with Crippen LogP contribution in [0.5, 0.6) is 0 Å². The van der Waals surface area contributed by atoms with Crippen molar-refractivity contribution in [3.05, 3.63) is 70.2 Å². The highest BCUT2D eigenvalue weighted by Crippen LogP contribution is 2.34.